The average molecular weight is 315 g/mol. The van der Waals surface area contributed by atoms with Crippen molar-refractivity contribution in [1.82, 2.24) is 0 Å². The first kappa shape index (κ1) is 20.2. The molecule has 0 rings (SSSR count). The summed E-state index contributed by atoms with van der Waals surface area (Å²) in [5, 5.41) is 0. The summed E-state index contributed by atoms with van der Waals surface area (Å²) in [6.45, 7) is 14.2. The molecule has 0 aromatic rings. The van der Waals surface area contributed by atoms with Crippen molar-refractivity contribution in [2.45, 2.75) is 72.3 Å². The third-order valence-electron chi connectivity index (χ3n) is 3.54. The van der Waals surface area contributed by atoms with E-state index in [1.165, 1.54) is 6.08 Å². The van der Waals surface area contributed by atoms with Gasteiger partial charge in [0.25, 0.3) is 0 Å². The van der Waals surface area contributed by atoms with Crippen LogP contribution in [0.3, 0.4) is 0 Å². The molecule has 0 aromatic carbocycles. The minimum atomic E-state index is -0.280. The maximum atomic E-state index is 11.5. The standard InChI is InChI=1S/C18H31ClO2/c1-13(2)21-17(20)12-15(4)10-8-9-14(3)11-16(5)18(6,7)19/h8,10,12-14,16H,9,11H2,1-7H3/b10-8+,15-12+. The van der Waals surface area contributed by atoms with Gasteiger partial charge in [-0.1, -0.05) is 26.0 Å². The Bertz CT molecular complexity index is 375. The molecule has 0 aliphatic carbocycles. The van der Waals surface area contributed by atoms with Gasteiger partial charge >= 0.3 is 5.97 Å². The molecule has 2 unspecified atom stereocenters. The Morgan fingerprint density at radius 3 is 2.29 bits per heavy atom. The molecule has 2 nitrogen and oxygen atoms in total. The van der Waals surface area contributed by atoms with Crippen LogP contribution in [0, 0.1) is 11.8 Å². The van der Waals surface area contributed by atoms with Gasteiger partial charge in [-0.2, -0.15) is 0 Å². The molecule has 21 heavy (non-hydrogen) atoms. The Morgan fingerprint density at radius 2 is 1.81 bits per heavy atom. The topological polar surface area (TPSA) is 26.3 Å². The summed E-state index contributed by atoms with van der Waals surface area (Å²) >= 11 is 6.33. The van der Waals surface area contributed by atoms with E-state index in [-0.39, 0.29) is 16.9 Å². The maximum Gasteiger partial charge on any atom is 0.331 e. The molecular formula is C18H31ClO2. The van der Waals surface area contributed by atoms with Crippen LogP contribution < -0.4 is 0 Å². The van der Waals surface area contributed by atoms with Gasteiger partial charge in [-0.15, -0.1) is 11.6 Å². The van der Waals surface area contributed by atoms with Gasteiger partial charge in [0, 0.05) is 11.0 Å². The lowest BCUT2D eigenvalue weighted by Gasteiger charge is -2.27. The normalized spacial score (nSPS) is 16.3. The van der Waals surface area contributed by atoms with Crippen molar-refractivity contribution in [2.75, 3.05) is 0 Å². The summed E-state index contributed by atoms with van der Waals surface area (Å²) in [5.74, 6) is 0.766. The molecule has 0 saturated heterocycles. The van der Waals surface area contributed by atoms with Crippen molar-refractivity contribution in [3.8, 4) is 0 Å². The number of alkyl halides is 1. The number of carbonyl (C=O) groups excluding carboxylic acids is 1. The highest BCUT2D eigenvalue weighted by Crippen LogP contribution is 2.30. The van der Waals surface area contributed by atoms with Gasteiger partial charge in [-0.25, -0.2) is 4.79 Å². The summed E-state index contributed by atoms with van der Waals surface area (Å²) in [4.78, 5) is 11.3. The fraction of sp³-hybridized carbons (Fsp3) is 0.722. The maximum absolute atomic E-state index is 11.5. The van der Waals surface area contributed by atoms with E-state index in [0.29, 0.717) is 11.8 Å². The van der Waals surface area contributed by atoms with Gasteiger partial charge in [-0.05, 0) is 64.9 Å². The van der Waals surface area contributed by atoms with Gasteiger partial charge in [0.05, 0.1) is 6.10 Å². The molecular weight excluding hydrogens is 284 g/mol. The number of hydrogen-bond donors (Lipinski definition) is 0. The van der Waals surface area contributed by atoms with Crippen LogP contribution in [0.15, 0.2) is 23.8 Å². The van der Waals surface area contributed by atoms with Crippen LogP contribution in [0.4, 0.5) is 0 Å². The molecule has 2 atom stereocenters. The van der Waals surface area contributed by atoms with Gasteiger partial charge in [0.1, 0.15) is 0 Å². The molecule has 3 heteroatoms. The molecule has 0 saturated carbocycles. The summed E-state index contributed by atoms with van der Waals surface area (Å²) < 4.78 is 5.07. The minimum absolute atomic E-state index is 0.0778. The number of allylic oxidation sites excluding steroid dienone is 3. The summed E-state index contributed by atoms with van der Waals surface area (Å²) in [7, 11) is 0. The zero-order valence-electron chi connectivity index (χ0n) is 14.6. The Balaban J connectivity index is 4.26. The first-order valence-corrected chi connectivity index (χ1v) is 8.14. The predicted molar refractivity (Wildman–Crippen MR) is 91.6 cm³/mol. The van der Waals surface area contributed by atoms with Crippen LogP contribution in [0.2, 0.25) is 0 Å². The second kappa shape index (κ2) is 9.30. The minimum Gasteiger partial charge on any atom is -0.460 e. The van der Waals surface area contributed by atoms with E-state index < -0.39 is 0 Å². The largest absolute Gasteiger partial charge is 0.460 e. The SMILES string of the molecule is CC(/C=C/CC(C)CC(C)C(C)(C)Cl)=C\C(=O)OC(C)C. The fourth-order valence-corrected chi connectivity index (χ4v) is 2.06. The monoisotopic (exact) mass is 314 g/mol. The zero-order chi connectivity index (χ0) is 16.6. The van der Waals surface area contributed by atoms with Crippen LogP contribution >= 0.6 is 11.6 Å². The number of halogens is 1. The summed E-state index contributed by atoms with van der Waals surface area (Å²) in [6, 6.07) is 0. The Labute approximate surface area is 135 Å². The van der Waals surface area contributed by atoms with E-state index in [1.54, 1.807) is 0 Å². The molecule has 0 radical (unpaired) electrons. The molecule has 0 aliphatic rings. The van der Waals surface area contributed by atoms with E-state index in [2.05, 4.69) is 33.8 Å². The molecule has 122 valence electrons. The number of hydrogen-bond acceptors (Lipinski definition) is 2. The number of rotatable bonds is 8. The smallest absolute Gasteiger partial charge is 0.331 e. The van der Waals surface area contributed by atoms with E-state index in [1.807, 2.05) is 26.8 Å². The molecule has 0 aliphatic heterocycles. The van der Waals surface area contributed by atoms with Crippen molar-refractivity contribution in [1.29, 1.82) is 0 Å². The first-order valence-electron chi connectivity index (χ1n) is 7.76. The van der Waals surface area contributed by atoms with Crippen LogP contribution in [0.5, 0.6) is 0 Å². The summed E-state index contributed by atoms with van der Waals surface area (Å²) in [6.07, 6.45) is 7.64. The van der Waals surface area contributed by atoms with Crippen molar-refractivity contribution < 1.29 is 9.53 Å². The lowest BCUT2D eigenvalue weighted by atomic mass is 9.86. The second-order valence-corrected chi connectivity index (χ2v) is 7.79. The van der Waals surface area contributed by atoms with Crippen LogP contribution in [-0.2, 0) is 9.53 Å². The molecule has 0 heterocycles. The van der Waals surface area contributed by atoms with Crippen LogP contribution in [0.25, 0.3) is 0 Å². The predicted octanol–water partition coefficient (Wildman–Crippen LogP) is 5.51. The van der Waals surface area contributed by atoms with Gasteiger partial charge < -0.3 is 4.74 Å². The van der Waals surface area contributed by atoms with E-state index in [9.17, 15) is 4.79 Å². The second-order valence-electron chi connectivity index (χ2n) is 6.82. The van der Waals surface area contributed by atoms with Crippen LogP contribution in [0.1, 0.15) is 61.3 Å². The Kier molecular flexibility index (Phi) is 8.96. The average Bonchev–Trinajstić information content (AvgIpc) is 2.25. The van der Waals surface area contributed by atoms with E-state index in [4.69, 9.17) is 16.3 Å². The quantitative estimate of drug-likeness (QED) is 0.255. The lowest BCUT2D eigenvalue weighted by Crippen LogP contribution is -2.23. The van der Waals surface area contributed by atoms with E-state index in [0.717, 1.165) is 18.4 Å². The lowest BCUT2D eigenvalue weighted by molar-refractivity contribution is -0.141. The van der Waals surface area contributed by atoms with Crippen LogP contribution in [-0.4, -0.2) is 16.9 Å². The number of ether oxygens (including phenoxy) is 1. The van der Waals surface area contributed by atoms with Gasteiger partial charge in [-0.3, -0.25) is 0 Å². The highest BCUT2D eigenvalue weighted by Gasteiger charge is 2.23. The number of esters is 1. The molecule has 0 aromatic heterocycles. The fourth-order valence-electron chi connectivity index (χ4n) is 1.97. The molecule has 0 N–H and O–H groups in total. The van der Waals surface area contributed by atoms with Crippen molar-refractivity contribution >= 4 is 17.6 Å². The van der Waals surface area contributed by atoms with Crippen molar-refractivity contribution in [3.05, 3.63) is 23.8 Å². The van der Waals surface area contributed by atoms with Crippen molar-refractivity contribution in [3.63, 3.8) is 0 Å². The highest BCUT2D eigenvalue weighted by atomic mass is 35.5. The number of carbonyl (C=O) groups is 1. The van der Waals surface area contributed by atoms with E-state index >= 15 is 0 Å². The Morgan fingerprint density at radius 1 is 1.24 bits per heavy atom. The zero-order valence-corrected chi connectivity index (χ0v) is 15.3. The van der Waals surface area contributed by atoms with Gasteiger partial charge in [0.15, 0.2) is 0 Å². The third kappa shape index (κ3) is 10.6. The van der Waals surface area contributed by atoms with Crippen molar-refractivity contribution in [2.24, 2.45) is 11.8 Å². The molecule has 0 amide bonds. The third-order valence-corrected chi connectivity index (χ3v) is 3.92. The van der Waals surface area contributed by atoms with Gasteiger partial charge in [0.2, 0.25) is 0 Å². The summed E-state index contributed by atoms with van der Waals surface area (Å²) in [5.41, 5.74) is 0.915. The molecule has 0 fully saturated rings. The molecule has 0 spiro atoms. The molecule has 0 bridgehead atoms. The first-order chi connectivity index (χ1) is 9.52. The Hall–Kier alpha value is -0.760. The highest BCUT2D eigenvalue weighted by molar-refractivity contribution is 6.23.